The van der Waals surface area contributed by atoms with E-state index in [4.69, 9.17) is 38.8 Å². The third-order valence-corrected chi connectivity index (χ3v) is 13.6. The number of nitrogens with zero attached hydrogens (tertiary/aromatic N) is 10. The van der Waals surface area contributed by atoms with Crippen LogP contribution in [0.3, 0.4) is 0 Å². The van der Waals surface area contributed by atoms with E-state index in [0.29, 0.717) is 68.0 Å². The molecular weight excluding hydrogens is 705 g/mol. The Kier molecular flexibility index (Phi) is 7.32. The number of hydrogen-bond donors (Lipinski definition) is 0. The lowest BCUT2D eigenvalue weighted by molar-refractivity contribution is -0.895. The first-order valence-corrected chi connectivity index (χ1v) is 20.2. The lowest BCUT2D eigenvalue weighted by Gasteiger charge is -2.39. The summed E-state index contributed by atoms with van der Waals surface area (Å²) < 4.78 is 20.7. The highest BCUT2D eigenvalue weighted by atomic mass is 28.4. The van der Waals surface area contributed by atoms with Gasteiger partial charge in [0.1, 0.15) is 41.8 Å². The molecule has 13 heteroatoms. The fraction of sp³-hybridized carbons (Fsp3) is 0.238. The highest BCUT2D eigenvalue weighted by Gasteiger charge is 2.54. The van der Waals surface area contributed by atoms with Gasteiger partial charge in [-0.15, -0.1) is 0 Å². The smallest absolute Gasteiger partial charge is 0.364 e. The molecule has 0 saturated carbocycles. The van der Waals surface area contributed by atoms with Crippen LogP contribution in [0, 0.1) is 0 Å². The second-order valence-corrected chi connectivity index (χ2v) is 19.2. The Balaban J connectivity index is 1.47. The van der Waals surface area contributed by atoms with Crippen LogP contribution in [0.4, 0.5) is 11.6 Å². The van der Waals surface area contributed by atoms with Gasteiger partial charge in [0, 0.05) is 50.9 Å². The summed E-state index contributed by atoms with van der Waals surface area (Å²) in [6.07, 6.45) is -0.284. The van der Waals surface area contributed by atoms with Crippen LogP contribution in [0.1, 0.15) is 22.3 Å². The zero-order valence-electron chi connectivity index (χ0n) is 32.0. The van der Waals surface area contributed by atoms with Crippen molar-refractivity contribution in [2.45, 2.75) is 6.10 Å². The SMILES string of the molecule is CO[Si]1(OC(C[N+](C)(C)C)C[N+](C)(C)C)n2c3c4ccccc4c2N=C2N=C(N=c4c5ccccc5c(n41)=NC1=NC(=N3)c3ccccc31)c1ccccc12. The standard InChI is InChI=1S/C42H42N10O2Si/c1-51(2,3)24-26(25-52(4,5)6)54-55(53-7)49-39-31-20-12-13-21-32(31)41(49)47-37-29-18-10-11-19-30(29)38(44-37)48-42-34-23-15-14-22-33(34)40(50(42)55)46-36-28-17-9-8-16-27(28)35(43-36)45-39/h8-23,26H,24-25H2,1-7H3/q+2. The molecule has 1 atom stereocenters. The molecule has 4 aromatic carbocycles. The van der Waals surface area contributed by atoms with Crippen LogP contribution >= 0.6 is 0 Å². The Morgan fingerprint density at radius 2 is 0.855 bits per heavy atom. The number of benzene rings is 4. The van der Waals surface area contributed by atoms with Crippen molar-refractivity contribution in [2.75, 3.05) is 62.5 Å². The molecule has 4 aliphatic heterocycles. The topological polar surface area (TPSA) is 102 Å². The highest BCUT2D eigenvalue weighted by molar-refractivity contribution is 6.66. The zero-order chi connectivity index (χ0) is 37.9. The number of quaternary nitrogens is 2. The Hall–Kier alpha value is -5.70. The molecule has 55 heavy (non-hydrogen) atoms. The molecule has 0 radical (unpaired) electrons. The van der Waals surface area contributed by atoms with Crippen molar-refractivity contribution in [3.63, 3.8) is 0 Å². The second-order valence-electron chi connectivity index (χ2n) is 16.6. The molecule has 0 aliphatic carbocycles. The fourth-order valence-corrected chi connectivity index (χ4v) is 11.5. The molecule has 0 saturated heterocycles. The highest BCUT2D eigenvalue weighted by Crippen LogP contribution is 2.43. The minimum absolute atomic E-state index is 0.284. The molecule has 6 aromatic rings. The van der Waals surface area contributed by atoms with Crippen molar-refractivity contribution in [3.05, 3.63) is 130 Å². The van der Waals surface area contributed by atoms with Crippen LogP contribution in [-0.4, -0.2) is 118 Å². The van der Waals surface area contributed by atoms with Gasteiger partial charge in [0.15, 0.2) is 23.3 Å². The Morgan fingerprint density at radius 1 is 0.491 bits per heavy atom. The van der Waals surface area contributed by atoms with Gasteiger partial charge < -0.3 is 17.8 Å². The predicted octanol–water partition coefficient (Wildman–Crippen LogP) is 4.82. The normalized spacial score (nSPS) is 18.3. The third kappa shape index (κ3) is 5.26. The van der Waals surface area contributed by atoms with E-state index < -0.39 is 8.88 Å². The van der Waals surface area contributed by atoms with Crippen molar-refractivity contribution >= 4 is 65.4 Å². The minimum atomic E-state index is -4.15. The van der Waals surface area contributed by atoms with E-state index >= 15 is 0 Å². The summed E-state index contributed by atoms with van der Waals surface area (Å²) in [6.45, 7) is 1.41. The van der Waals surface area contributed by atoms with Crippen LogP contribution < -0.4 is 11.0 Å². The first-order chi connectivity index (χ1) is 26.4. The molecule has 0 amide bonds. The molecule has 0 fully saturated rings. The quantitative estimate of drug-likeness (QED) is 0.173. The van der Waals surface area contributed by atoms with E-state index in [1.54, 1.807) is 7.11 Å². The Morgan fingerprint density at radius 3 is 1.24 bits per heavy atom. The van der Waals surface area contributed by atoms with Gasteiger partial charge in [-0.2, -0.15) is 0 Å². The maximum Gasteiger partial charge on any atom is 0.603 e. The van der Waals surface area contributed by atoms with Gasteiger partial charge in [-0.05, 0) is 0 Å². The van der Waals surface area contributed by atoms with Gasteiger partial charge in [-0.25, -0.2) is 30.0 Å². The summed E-state index contributed by atoms with van der Waals surface area (Å²) in [4.78, 5) is 32.3. The maximum absolute atomic E-state index is 7.89. The summed E-state index contributed by atoms with van der Waals surface area (Å²) in [5, 5.41) is 3.58. The molecule has 0 spiro atoms. The summed E-state index contributed by atoms with van der Waals surface area (Å²) >= 11 is 0. The van der Waals surface area contributed by atoms with Crippen molar-refractivity contribution in [1.29, 1.82) is 0 Å². The molecule has 0 N–H and O–H groups in total. The molecule has 12 nitrogen and oxygen atoms in total. The van der Waals surface area contributed by atoms with Crippen molar-refractivity contribution in [3.8, 4) is 0 Å². The van der Waals surface area contributed by atoms with E-state index in [1.165, 1.54) is 0 Å². The van der Waals surface area contributed by atoms with Crippen LogP contribution in [0.2, 0.25) is 0 Å². The first kappa shape index (κ1) is 33.8. The van der Waals surface area contributed by atoms with Gasteiger partial charge in [0.05, 0.1) is 42.3 Å². The predicted molar refractivity (Wildman–Crippen MR) is 219 cm³/mol. The number of aromatic nitrogens is 2. The number of rotatable bonds is 7. The minimum Gasteiger partial charge on any atom is -0.364 e. The molecule has 2 aromatic heterocycles. The van der Waals surface area contributed by atoms with E-state index in [1.807, 2.05) is 48.5 Å². The van der Waals surface area contributed by atoms with Gasteiger partial charge >= 0.3 is 8.88 Å². The number of likely N-dealkylation sites (N-methyl/N-ethyl adjacent to an activating group) is 2. The summed E-state index contributed by atoms with van der Waals surface area (Å²) in [7, 11) is 10.8. The van der Waals surface area contributed by atoms with Crippen molar-refractivity contribution in [1.82, 2.24) is 8.47 Å². The third-order valence-electron chi connectivity index (χ3n) is 10.4. The number of hydrogen-bond acceptors (Lipinski definition) is 8. The van der Waals surface area contributed by atoms with Crippen LogP contribution in [0.15, 0.2) is 127 Å². The first-order valence-electron chi connectivity index (χ1n) is 18.5. The molecule has 6 heterocycles. The molecule has 274 valence electrons. The van der Waals surface area contributed by atoms with Crippen molar-refractivity contribution < 1.29 is 17.8 Å². The van der Waals surface area contributed by atoms with Gasteiger partial charge in [0.2, 0.25) is 0 Å². The van der Waals surface area contributed by atoms with Gasteiger partial charge in [-0.1, -0.05) is 97.1 Å². The average molecular weight is 747 g/mol. The molecule has 6 bridgehead atoms. The van der Waals surface area contributed by atoms with E-state index in [9.17, 15) is 0 Å². The molecule has 4 aliphatic rings. The summed E-state index contributed by atoms with van der Waals surface area (Å²) in [6, 6.07) is 32.8. The average Bonchev–Trinajstić information content (AvgIpc) is 3.86. The van der Waals surface area contributed by atoms with Crippen LogP contribution in [0.25, 0.3) is 21.5 Å². The van der Waals surface area contributed by atoms with E-state index in [-0.39, 0.29) is 6.10 Å². The number of fused-ring (bicyclic) bond motifs is 14. The second kappa shape index (κ2) is 11.9. The molecular formula is C42H42N10O2Si+2. The summed E-state index contributed by atoms with van der Waals surface area (Å²) in [5.74, 6) is 3.55. The van der Waals surface area contributed by atoms with Gasteiger partial charge in [-0.3, -0.25) is 8.47 Å². The van der Waals surface area contributed by atoms with E-state index in [0.717, 1.165) is 43.8 Å². The molecule has 1 unspecified atom stereocenters. The van der Waals surface area contributed by atoms with E-state index in [2.05, 4.69) is 99.3 Å². The Bertz CT molecular complexity index is 2710. The maximum atomic E-state index is 7.89. The number of amidine groups is 4. The Labute approximate surface area is 319 Å². The lowest BCUT2D eigenvalue weighted by Crippen LogP contribution is -2.66. The largest absolute Gasteiger partial charge is 0.603 e. The van der Waals surface area contributed by atoms with Crippen LogP contribution in [-0.2, 0) is 8.85 Å². The zero-order valence-corrected chi connectivity index (χ0v) is 33.0. The monoisotopic (exact) mass is 746 g/mol. The van der Waals surface area contributed by atoms with Crippen LogP contribution in [0.5, 0.6) is 0 Å². The number of aliphatic imine (C=N–C) groups is 4. The summed E-state index contributed by atoms with van der Waals surface area (Å²) in [5.41, 5.74) is 4.89. The fourth-order valence-electron chi connectivity index (χ4n) is 8.34. The lowest BCUT2D eigenvalue weighted by atomic mass is 10.1. The van der Waals surface area contributed by atoms with Crippen molar-refractivity contribution in [2.24, 2.45) is 30.0 Å². The molecule has 10 rings (SSSR count). The van der Waals surface area contributed by atoms with Gasteiger partial charge in [0.25, 0.3) is 0 Å².